The van der Waals surface area contributed by atoms with Gasteiger partial charge in [0.1, 0.15) is 36.6 Å². The van der Waals surface area contributed by atoms with Gasteiger partial charge in [-0.15, -0.1) is 16.7 Å². The molecule has 2 aromatic carbocycles. The zero-order valence-corrected chi connectivity index (χ0v) is 21.1. The molecule has 0 amide bonds. The highest BCUT2D eigenvalue weighted by Gasteiger charge is 2.24. The van der Waals surface area contributed by atoms with Crippen LogP contribution < -0.4 is 9.47 Å². The summed E-state index contributed by atoms with van der Waals surface area (Å²) in [5.74, 6) is 2.06. The Hall–Kier alpha value is -2.35. The maximum Gasteiger partial charge on any atom is 0.137 e. The molecule has 0 saturated carbocycles. The van der Waals surface area contributed by atoms with Crippen molar-refractivity contribution in [3.8, 4) is 11.5 Å². The molecule has 3 aromatic rings. The molecule has 3 rings (SSSR count). The van der Waals surface area contributed by atoms with Crippen molar-refractivity contribution in [2.75, 3.05) is 19.1 Å². The topological polar surface area (TPSA) is 69.4 Å². The van der Waals surface area contributed by atoms with Gasteiger partial charge >= 0.3 is 0 Å². The van der Waals surface area contributed by atoms with E-state index in [2.05, 4.69) is 24.2 Å². The summed E-state index contributed by atoms with van der Waals surface area (Å²) in [5, 5.41) is 18.2. The summed E-state index contributed by atoms with van der Waals surface area (Å²) >= 11 is 12.3. The predicted molar refractivity (Wildman–Crippen MR) is 132 cm³/mol. The van der Waals surface area contributed by atoms with Gasteiger partial charge in [-0.3, -0.25) is 0 Å². The van der Waals surface area contributed by atoms with Gasteiger partial charge in [-0.25, -0.2) is 9.07 Å². The molecule has 184 valence electrons. The molecule has 1 aromatic heterocycles. The second-order valence-corrected chi connectivity index (χ2v) is 9.61. The number of benzene rings is 2. The van der Waals surface area contributed by atoms with Crippen LogP contribution in [-0.2, 0) is 18.6 Å². The van der Waals surface area contributed by atoms with Gasteiger partial charge in [0.2, 0.25) is 0 Å². The van der Waals surface area contributed by atoms with Crippen molar-refractivity contribution in [1.29, 1.82) is 0 Å². The smallest absolute Gasteiger partial charge is 0.137 e. The SMILES string of the molecule is C[C@H](CCl)COc1ccc(C(C)(C)c2ccc(OC[C@@H](O)Cn3cc(C[18F])nn3)cc2)cc1Cl. The molecule has 0 aliphatic rings. The number of alkyl halides is 2. The molecule has 0 saturated heterocycles. The number of ether oxygens (including phenoxy) is 2. The Bertz CT molecular complexity index is 1060. The molecule has 1 N–H and O–H groups in total. The van der Waals surface area contributed by atoms with Crippen molar-refractivity contribution in [3.63, 3.8) is 0 Å². The molecular formula is C25H30Cl2FN3O3. The Morgan fingerprint density at radius 2 is 1.79 bits per heavy atom. The highest BCUT2D eigenvalue weighted by molar-refractivity contribution is 6.32. The molecule has 0 fully saturated rings. The molecule has 0 aliphatic carbocycles. The molecule has 9 heteroatoms. The molecule has 1 heterocycles. The Morgan fingerprint density at radius 3 is 2.41 bits per heavy atom. The number of aliphatic hydroxyl groups is 1. The minimum absolute atomic E-state index is 0.0764. The third-order valence-electron chi connectivity index (χ3n) is 5.58. The van der Waals surface area contributed by atoms with E-state index in [0.29, 0.717) is 29.0 Å². The molecule has 34 heavy (non-hydrogen) atoms. The lowest BCUT2D eigenvalue weighted by Crippen LogP contribution is -2.24. The monoisotopic (exact) mass is 508 g/mol. The van der Waals surface area contributed by atoms with Gasteiger partial charge in [0, 0.05) is 17.2 Å². The molecule has 0 radical (unpaired) electrons. The number of aromatic nitrogens is 3. The van der Waals surface area contributed by atoms with Gasteiger partial charge in [-0.2, -0.15) is 0 Å². The number of aliphatic hydroxyl groups excluding tert-OH is 1. The van der Waals surface area contributed by atoms with Gasteiger partial charge in [-0.05, 0) is 35.4 Å². The quantitative estimate of drug-likeness (QED) is 0.330. The summed E-state index contributed by atoms with van der Waals surface area (Å²) in [7, 11) is 0. The van der Waals surface area contributed by atoms with E-state index in [1.165, 1.54) is 10.9 Å². The molecule has 2 atom stereocenters. The predicted octanol–water partition coefficient (Wildman–Crippen LogP) is 5.42. The summed E-state index contributed by atoms with van der Waals surface area (Å²) in [6.07, 6.45) is 0.659. The average molecular weight is 509 g/mol. The molecule has 0 unspecified atom stereocenters. The third kappa shape index (κ3) is 6.84. The fourth-order valence-corrected chi connectivity index (χ4v) is 3.69. The van der Waals surface area contributed by atoms with Gasteiger partial charge < -0.3 is 14.6 Å². The molecular weight excluding hydrogens is 479 g/mol. The number of nitrogens with zero attached hydrogens (tertiary/aromatic N) is 3. The van der Waals surface area contributed by atoms with Crippen molar-refractivity contribution in [2.45, 2.75) is 45.5 Å². The van der Waals surface area contributed by atoms with E-state index < -0.39 is 12.8 Å². The zero-order chi connectivity index (χ0) is 24.7. The lowest BCUT2D eigenvalue weighted by Gasteiger charge is -2.27. The fraction of sp³-hybridized carbons (Fsp3) is 0.440. The van der Waals surface area contributed by atoms with Crippen molar-refractivity contribution in [1.82, 2.24) is 15.0 Å². The number of rotatable bonds is 12. The highest BCUT2D eigenvalue weighted by atomic mass is 35.5. The number of halogens is 3. The zero-order valence-electron chi connectivity index (χ0n) is 19.5. The minimum Gasteiger partial charge on any atom is -0.492 e. The standard InChI is InChI=1S/C25H30Cl2FN3O3/c1-17(11-26)15-34-24-9-6-19(10-23(24)27)25(2,3)18-4-7-22(8-5-18)33-16-21(32)14-31-13-20(12-28)29-30-31/h4-10,13,17,21,32H,11-12,14-16H2,1-3H3/t17-,21+/m1/s1/i28-1. The molecule has 0 bridgehead atoms. The summed E-state index contributed by atoms with van der Waals surface area (Å²) in [6.45, 7) is 6.34. The van der Waals surface area contributed by atoms with Crippen molar-refractivity contribution >= 4 is 23.2 Å². The van der Waals surface area contributed by atoms with Crippen LogP contribution in [0.4, 0.5) is 4.39 Å². The fourth-order valence-electron chi connectivity index (χ4n) is 3.37. The van der Waals surface area contributed by atoms with Gasteiger partial charge in [0.25, 0.3) is 0 Å². The van der Waals surface area contributed by atoms with Crippen LogP contribution in [0, 0.1) is 5.92 Å². The first-order valence-electron chi connectivity index (χ1n) is 11.1. The Balaban J connectivity index is 1.59. The lowest BCUT2D eigenvalue weighted by atomic mass is 9.78. The Labute approximate surface area is 209 Å². The van der Waals surface area contributed by atoms with E-state index in [9.17, 15) is 9.50 Å². The Kier molecular flexibility index (Phi) is 9.17. The number of hydrogen-bond acceptors (Lipinski definition) is 5. The van der Waals surface area contributed by atoms with E-state index >= 15 is 0 Å². The van der Waals surface area contributed by atoms with E-state index in [1.807, 2.05) is 49.4 Å². The molecule has 0 aliphatic heterocycles. The Morgan fingerprint density at radius 1 is 1.09 bits per heavy atom. The van der Waals surface area contributed by atoms with Crippen molar-refractivity contribution < 1.29 is 19.0 Å². The van der Waals surface area contributed by atoms with E-state index in [1.54, 1.807) is 0 Å². The van der Waals surface area contributed by atoms with Crippen LogP contribution in [0.1, 0.15) is 37.6 Å². The van der Waals surface area contributed by atoms with Crippen LogP contribution in [0.5, 0.6) is 11.5 Å². The van der Waals surface area contributed by atoms with Gasteiger partial charge in [0.15, 0.2) is 0 Å². The normalized spacial score (nSPS) is 13.5. The van der Waals surface area contributed by atoms with Crippen LogP contribution in [0.2, 0.25) is 5.02 Å². The summed E-state index contributed by atoms with van der Waals surface area (Å²) in [5.41, 5.74) is 2.07. The van der Waals surface area contributed by atoms with Crippen LogP contribution >= 0.6 is 23.2 Å². The molecule has 0 spiro atoms. The second kappa shape index (κ2) is 11.9. The second-order valence-electron chi connectivity index (χ2n) is 8.90. The summed E-state index contributed by atoms with van der Waals surface area (Å²) in [4.78, 5) is 0. The molecule has 6 nitrogen and oxygen atoms in total. The first-order chi connectivity index (χ1) is 16.2. The highest BCUT2D eigenvalue weighted by Crippen LogP contribution is 2.36. The van der Waals surface area contributed by atoms with Crippen LogP contribution in [0.15, 0.2) is 48.7 Å². The third-order valence-corrected chi connectivity index (χ3v) is 6.40. The van der Waals surface area contributed by atoms with Crippen LogP contribution in [-0.4, -0.2) is 45.3 Å². The summed E-state index contributed by atoms with van der Waals surface area (Å²) < 4.78 is 25.5. The minimum atomic E-state index is -0.805. The van der Waals surface area contributed by atoms with E-state index in [-0.39, 0.29) is 30.2 Å². The average Bonchev–Trinajstić information content (AvgIpc) is 3.29. The van der Waals surface area contributed by atoms with Crippen LogP contribution in [0.25, 0.3) is 0 Å². The van der Waals surface area contributed by atoms with E-state index in [0.717, 1.165) is 11.1 Å². The first-order valence-corrected chi connectivity index (χ1v) is 12.0. The maximum absolute atomic E-state index is 12.6. The number of hydrogen-bond donors (Lipinski definition) is 1. The summed E-state index contributed by atoms with van der Waals surface area (Å²) in [6, 6.07) is 13.6. The lowest BCUT2D eigenvalue weighted by molar-refractivity contribution is 0.0888. The van der Waals surface area contributed by atoms with Gasteiger partial charge in [-0.1, -0.05) is 55.8 Å². The van der Waals surface area contributed by atoms with Crippen molar-refractivity contribution in [2.24, 2.45) is 5.92 Å². The maximum atomic E-state index is 12.6. The first kappa shape index (κ1) is 26.3. The van der Waals surface area contributed by atoms with E-state index in [4.69, 9.17) is 32.7 Å². The van der Waals surface area contributed by atoms with Crippen molar-refractivity contribution in [3.05, 3.63) is 70.5 Å². The van der Waals surface area contributed by atoms with Crippen LogP contribution in [0.3, 0.4) is 0 Å². The van der Waals surface area contributed by atoms with Gasteiger partial charge in [0.05, 0.1) is 24.4 Å². The largest absolute Gasteiger partial charge is 0.492 e.